The van der Waals surface area contributed by atoms with E-state index in [9.17, 15) is 4.79 Å². The summed E-state index contributed by atoms with van der Waals surface area (Å²) >= 11 is 13.2. The summed E-state index contributed by atoms with van der Waals surface area (Å²) in [4.78, 5) is 12.3. The van der Waals surface area contributed by atoms with Gasteiger partial charge in [0.2, 0.25) is 5.91 Å². The predicted octanol–water partition coefficient (Wildman–Crippen LogP) is 3.89. The van der Waals surface area contributed by atoms with Gasteiger partial charge in [-0.1, -0.05) is 41.0 Å². The van der Waals surface area contributed by atoms with Crippen molar-refractivity contribution in [3.63, 3.8) is 0 Å². The van der Waals surface area contributed by atoms with Gasteiger partial charge in [0.25, 0.3) is 0 Å². The van der Waals surface area contributed by atoms with Gasteiger partial charge < -0.3 is 9.88 Å². The SMILES string of the molecule is C=CCn1cnnc1S[C@H](C)C(=O)Nc1cc(Cl)ccc1Cl. The zero-order valence-electron chi connectivity index (χ0n) is 11.8. The number of rotatable bonds is 6. The lowest BCUT2D eigenvalue weighted by Gasteiger charge is -2.13. The maximum atomic E-state index is 12.3. The smallest absolute Gasteiger partial charge is 0.237 e. The molecule has 0 bridgehead atoms. The molecule has 0 saturated carbocycles. The van der Waals surface area contributed by atoms with E-state index in [-0.39, 0.29) is 11.2 Å². The normalized spacial score (nSPS) is 12.0. The second-order valence-electron chi connectivity index (χ2n) is 4.43. The molecule has 1 atom stereocenters. The van der Waals surface area contributed by atoms with E-state index in [1.165, 1.54) is 11.8 Å². The number of nitrogens with zero attached hydrogens (tertiary/aromatic N) is 3. The van der Waals surface area contributed by atoms with Gasteiger partial charge in [0.15, 0.2) is 5.16 Å². The molecule has 116 valence electrons. The Labute approximate surface area is 142 Å². The van der Waals surface area contributed by atoms with E-state index in [2.05, 4.69) is 22.1 Å². The van der Waals surface area contributed by atoms with Gasteiger partial charge in [-0.2, -0.15) is 0 Å². The van der Waals surface area contributed by atoms with E-state index in [0.29, 0.717) is 27.4 Å². The summed E-state index contributed by atoms with van der Waals surface area (Å²) in [6.45, 7) is 6.04. The highest BCUT2D eigenvalue weighted by Gasteiger charge is 2.18. The third-order valence-corrected chi connectivity index (χ3v) is 4.40. The fraction of sp³-hybridized carbons (Fsp3) is 0.214. The molecule has 1 aromatic carbocycles. The molecule has 0 unspecified atom stereocenters. The molecular weight excluding hydrogens is 343 g/mol. The fourth-order valence-corrected chi connectivity index (χ4v) is 2.81. The van der Waals surface area contributed by atoms with E-state index < -0.39 is 0 Å². The largest absolute Gasteiger partial charge is 0.324 e. The summed E-state index contributed by atoms with van der Waals surface area (Å²) in [6, 6.07) is 4.91. The Hall–Kier alpha value is -1.50. The lowest BCUT2D eigenvalue weighted by molar-refractivity contribution is -0.115. The standard InChI is InChI=1S/C14H14Cl2N4OS/c1-3-6-20-8-17-19-14(20)22-9(2)13(21)18-12-7-10(15)4-5-11(12)16/h3-5,7-9H,1,6H2,2H3,(H,18,21)/t9-/m1/s1. The van der Waals surface area contributed by atoms with Crippen LogP contribution in [0, 0.1) is 0 Å². The molecule has 8 heteroatoms. The first-order valence-corrected chi connectivity index (χ1v) is 8.06. The number of aromatic nitrogens is 3. The lowest BCUT2D eigenvalue weighted by atomic mass is 10.3. The molecule has 1 N–H and O–H groups in total. The Morgan fingerprint density at radius 2 is 2.32 bits per heavy atom. The van der Waals surface area contributed by atoms with Crippen molar-refractivity contribution in [2.24, 2.45) is 0 Å². The van der Waals surface area contributed by atoms with E-state index in [0.717, 1.165) is 0 Å². The number of nitrogens with one attached hydrogen (secondary N) is 1. The molecule has 0 fully saturated rings. The summed E-state index contributed by atoms with van der Waals surface area (Å²) in [6.07, 6.45) is 3.34. The maximum absolute atomic E-state index is 12.3. The topological polar surface area (TPSA) is 59.8 Å². The van der Waals surface area contributed by atoms with E-state index >= 15 is 0 Å². The minimum absolute atomic E-state index is 0.192. The second-order valence-corrected chi connectivity index (χ2v) is 6.58. The van der Waals surface area contributed by atoms with E-state index in [4.69, 9.17) is 23.2 Å². The van der Waals surface area contributed by atoms with Crippen LogP contribution in [0.5, 0.6) is 0 Å². The molecule has 0 radical (unpaired) electrons. The maximum Gasteiger partial charge on any atom is 0.237 e. The zero-order chi connectivity index (χ0) is 16.1. The van der Waals surface area contributed by atoms with Crippen LogP contribution >= 0.6 is 35.0 Å². The van der Waals surface area contributed by atoms with Gasteiger partial charge in [-0.15, -0.1) is 16.8 Å². The van der Waals surface area contributed by atoms with Gasteiger partial charge in [-0.3, -0.25) is 4.79 Å². The number of carbonyl (C=O) groups excluding carboxylic acids is 1. The van der Waals surface area contributed by atoms with Gasteiger partial charge in [0, 0.05) is 11.6 Å². The van der Waals surface area contributed by atoms with Crippen LogP contribution in [-0.2, 0) is 11.3 Å². The average molecular weight is 357 g/mol. The van der Waals surface area contributed by atoms with Gasteiger partial charge >= 0.3 is 0 Å². The van der Waals surface area contributed by atoms with E-state index in [1.807, 2.05) is 4.57 Å². The van der Waals surface area contributed by atoms with Crippen molar-refractivity contribution in [1.82, 2.24) is 14.8 Å². The van der Waals surface area contributed by atoms with Gasteiger partial charge in [0.05, 0.1) is 16.0 Å². The summed E-state index contributed by atoms with van der Waals surface area (Å²) in [7, 11) is 0. The molecule has 2 aromatic rings. The monoisotopic (exact) mass is 356 g/mol. The Bertz CT molecular complexity index is 689. The summed E-state index contributed by atoms with van der Waals surface area (Å²) < 4.78 is 1.81. The first-order valence-electron chi connectivity index (χ1n) is 6.42. The number of anilines is 1. The number of amides is 1. The highest BCUT2D eigenvalue weighted by molar-refractivity contribution is 8.00. The van der Waals surface area contributed by atoms with Crippen molar-refractivity contribution in [3.8, 4) is 0 Å². The summed E-state index contributed by atoms with van der Waals surface area (Å²) in [5.74, 6) is -0.192. The first kappa shape index (κ1) is 16.9. The number of thioether (sulfide) groups is 1. The van der Waals surface area contributed by atoms with Crippen LogP contribution < -0.4 is 5.32 Å². The van der Waals surface area contributed by atoms with Gasteiger partial charge in [-0.25, -0.2) is 0 Å². The fourth-order valence-electron chi connectivity index (χ4n) is 1.64. The highest BCUT2D eigenvalue weighted by Crippen LogP contribution is 2.27. The van der Waals surface area contributed by atoms with Gasteiger partial charge in [-0.05, 0) is 25.1 Å². The van der Waals surface area contributed by atoms with Crippen molar-refractivity contribution in [3.05, 3.63) is 47.2 Å². The molecule has 1 aromatic heterocycles. The molecule has 2 rings (SSSR count). The number of allylic oxidation sites excluding steroid dienone is 1. The van der Waals surface area contributed by atoms with E-state index in [1.54, 1.807) is 37.5 Å². The van der Waals surface area contributed by atoms with Crippen molar-refractivity contribution in [2.45, 2.75) is 23.9 Å². The predicted molar refractivity (Wildman–Crippen MR) is 90.6 cm³/mol. The van der Waals surface area contributed by atoms with Crippen LogP contribution in [0.2, 0.25) is 10.0 Å². The highest BCUT2D eigenvalue weighted by atomic mass is 35.5. The van der Waals surface area contributed by atoms with Crippen LogP contribution in [0.3, 0.4) is 0 Å². The van der Waals surface area contributed by atoms with Crippen molar-refractivity contribution in [2.75, 3.05) is 5.32 Å². The quantitative estimate of drug-likeness (QED) is 0.629. The molecule has 0 aliphatic rings. The number of hydrogen-bond acceptors (Lipinski definition) is 4. The third kappa shape index (κ3) is 4.25. The molecule has 22 heavy (non-hydrogen) atoms. The minimum Gasteiger partial charge on any atom is -0.324 e. The van der Waals surface area contributed by atoms with Gasteiger partial charge in [0.1, 0.15) is 6.33 Å². The Kier molecular flexibility index (Phi) is 5.88. The first-order chi connectivity index (χ1) is 10.5. The van der Waals surface area contributed by atoms with Crippen molar-refractivity contribution in [1.29, 1.82) is 0 Å². The Morgan fingerprint density at radius 1 is 1.55 bits per heavy atom. The van der Waals surface area contributed by atoms with Crippen LogP contribution in [0.4, 0.5) is 5.69 Å². The molecule has 0 spiro atoms. The zero-order valence-corrected chi connectivity index (χ0v) is 14.1. The summed E-state index contributed by atoms with van der Waals surface area (Å²) in [5.41, 5.74) is 0.485. The average Bonchev–Trinajstić information content (AvgIpc) is 2.90. The van der Waals surface area contributed by atoms with Crippen molar-refractivity contribution >= 4 is 46.6 Å². The summed E-state index contributed by atoms with van der Waals surface area (Å²) in [5, 5.41) is 11.8. The number of hydrogen-bond donors (Lipinski definition) is 1. The second kappa shape index (κ2) is 7.67. The Balaban J connectivity index is 2.04. The molecule has 1 heterocycles. The number of benzene rings is 1. The lowest BCUT2D eigenvalue weighted by Crippen LogP contribution is -2.23. The number of halogens is 2. The van der Waals surface area contributed by atoms with Crippen LogP contribution in [-0.4, -0.2) is 25.9 Å². The van der Waals surface area contributed by atoms with Crippen LogP contribution in [0.15, 0.2) is 42.3 Å². The van der Waals surface area contributed by atoms with Crippen molar-refractivity contribution < 1.29 is 4.79 Å². The van der Waals surface area contributed by atoms with Crippen LogP contribution in [0.25, 0.3) is 0 Å². The number of carbonyl (C=O) groups is 1. The van der Waals surface area contributed by atoms with Crippen LogP contribution in [0.1, 0.15) is 6.92 Å². The third-order valence-electron chi connectivity index (χ3n) is 2.74. The molecule has 1 amide bonds. The Morgan fingerprint density at radius 3 is 3.05 bits per heavy atom. The minimum atomic E-state index is -0.372. The molecule has 0 saturated heterocycles. The molecular formula is C14H14Cl2N4OS. The molecule has 0 aliphatic heterocycles. The molecule has 0 aliphatic carbocycles. The molecule has 5 nitrogen and oxygen atoms in total.